The number of hydrogen-bond donors (Lipinski definition) is 1. The van der Waals surface area contributed by atoms with E-state index < -0.39 is 23.8 Å². The van der Waals surface area contributed by atoms with Crippen LogP contribution in [0.3, 0.4) is 0 Å². The molecule has 4 rings (SSSR count). The second-order valence-electron chi connectivity index (χ2n) is 8.40. The summed E-state index contributed by atoms with van der Waals surface area (Å²) in [5.74, 6) is 0.672. The number of hydrogen-bond acceptors (Lipinski definition) is 7. The highest BCUT2D eigenvalue weighted by molar-refractivity contribution is 5.90. The number of nitrogens with zero attached hydrogens (tertiary/aromatic N) is 5. The number of aromatic nitrogens is 3. The van der Waals surface area contributed by atoms with Crippen LogP contribution in [0.4, 0.5) is 24.8 Å². The van der Waals surface area contributed by atoms with E-state index in [0.29, 0.717) is 54.5 Å². The Morgan fingerprint density at radius 2 is 1.89 bits per heavy atom. The van der Waals surface area contributed by atoms with Crippen molar-refractivity contribution < 1.29 is 22.7 Å². The van der Waals surface area contributed by atoms with E-state index >= 15 is 0 Å². The van der Waals surface area contributed by atoms with Gasteiger partial charge in [-0.25, -0.2) is 28.1 Å². The first-order valence-corrected chi connectivity index (χ1v) is 11.3. The van der Waals surface area contributed by atoms with Crippen molar-refractivity contribution in [2.45, 2.75) is 26.3 Å². The molecule has 1 N–H and O–H groups in total. The number of methoxy groups -OCH3 is 1. The molecule has 1 aromatic carbocycles. The summed E-state index contributed by atoms with van der Waals surface area (Å²) < 4.78 is 46.0. The zero-order chi connectivity index (χ0) is 25.1. The van der Waals surface area contributed by atoms with Crippen LogP contribution in [0.15, 0.2) is 30.5 Å². The number of halogens is 3. The van der Waals surface area contributed by atoms with Crippen LogP contribution in [-0.2, 0) is 9.53 Å². The number of amides is 1. The van der Waals surface area contributed by atoms with Gasteiger partial charge in [-0.2, -0.15) is 0 Å². The molecule has 1 amide bonds. The first-order valence-electron chi connectivity index (χ1n) is 11.3. The number of fused-ring (bicyclic) bond motifs is 1. The van der Waals surface area contributed by atoms with Gasteiger partial charge in [-0.1, -0.05) is 18.2 Å². The van der Waals surface area contributed by atoms with Crippen molar-refractivity contribution in [3.8, 4) is 0 Å². The highest BCUT2D eigenvalue weighted by Crippen LogP contribution is 2.31. The maximum atomic E-state index is 14.7. The highest BCUT2D eigenvalue weighted by atomic mass is 19.3. The molecule has 186 valence electrons. The average Bonchev–Trinajstić information content (AvgIpc) is 2.84. The van der Waals surface area contributed by atoms with E-state index in [4.69, 9.17) is 4.74 Å². The number of ether oxygens (including phenoxy) is 1. The Bertz CT molecular complexity index is 1220. The van der Waals surface area contributed by atoms with Crippen molar-refractivity contribution in [2.75, 3.05) is 50.1 Å². The zero-order valence-corrected chi connectivity index (χ0v) is 19.8. The standard InChI is InChI=1S/C24H27F3N6O2/c1-14(16-5-4-6-17(22(16)25)23(26)27)29-24-18-11-20(28-12-19(18)30-15(2)31-24)32-7-9-33(10-8-32)21(34)13-35-3/h4-6,11-12,14,23H,7-10,13H2,1-3H3,(H,29,30,31)/t14-/m1/s1. The van der Waals surface area contributed by atoms with Crippen molar-refractivity contribution >= 4 is 28.4 Å². The Morgan fingerprint density at radius 3 is 2.57 bits per heavy atom. The monoisotopic (exact) mass is 488 g/mol. The summed E-state index contributed by atoms with van der Waals surface area (Å²) in [5, 5.41) is 3.84. The van der Waals surface area contributed by atoms with Crippen LogP contribution in [0, 0.1) is 12.7 Å². The fourth-order valence-corrected chi connectivity index (χ4v) is 4.17. The molecule has 8 nitrogen and oxygen atoms in total. The molecule has 0 saturated carbocycles. The summed E-state index contributed by atoms with van der Waals surface area (Å²) in [6.45, 7) is 5.78. The molecule has 3 aromatic rings. The van der Waals surface area contributed by atoms with Crippen LogP contribution >= 0.6 is 0 Å². The van der Waals surface area contributed by atoms with Gasteiger partial charge in [0.2, 0.25) is 5.91 Å². The molecule has 35 heavy (non-hydrogen) atoms. The lowest BCUT2D eigenvalue weighted by Gasteiger charge is -2.35. The number of rotatable bonds is 7. The van der Waals surface area contributed by atoms with Crippen molar-refractivity contribution in [3.05, 3.63) is 53.2 Å². The van der Waals surface area contributed by atoms with Crippen molar-refractivity contribution in [2.24, 2.45) is 0 Å². The summed E-state index contributed by atoms with van der Waals surface area (Å²) >= 11 is 0. The molecule has 1 fully saturated rings. The topological polar surface area (TPSA) is 83.5 Å². The fraction of sp³-hybridized carbons (Fsp3) is 0.417. The Balaban J connectivity index is 1.59. The molecule has 0 unspecified atom stereocenters. The molecule has 1 aliphatic heterocycles. The van der Waals surface area contributed by atoms with Crippen LogP contribution in [0.2, 0.25) is 0 Å². The fourth-order valence-electron chi connectivity index (χ4n) is 4.17. The maximum Gasteiger partial charge on any atom is 0.266 e. The number of anilines is 2. The number of carbonyl (C=O) groups is 1. The summed E-state index contributed by atoms with van der Waals surface area (Å²) in [6.07, 6.45) is -1.25. The lowest BCUT2D eigenvalue weighted by Crippen LogP contribution is -2.49. The SMILES string of the molecule is COCC(=O)N1CCN(c2cc3c(N[C@H](C)c4cccc(C(F)F)c4F)nc(C)nc3cn2)CC1. The van der Waals surface area contributed by atoms with Crippen LogP contribution in [-0.4, -0.2) is 65.7 Å². The Labute approximate surface area is 201 Å². The van der Waals surface area contributed by atoms with E-state index in [2.05, 4.69) is 25.2 Å². The first-order chi connectivity index (χ1) is 16.8. The third-order valence-corrected chi connectivity index (χ3v) is 6.02. The molecule has 0 aliphatic carbocycles. The van der Waals surface area contributed by atoms with Gasteiger partial charge in [0, 0.05) is 44.2 Å². The summed E-state index contributed by atoms with van der Waals surface area (Å²) in [5.41, 5.74) is 0.0967. The van der Waals surface area contributed by atoms with Gasteiger partial charge >= 0.3 is 0 Å². The number of carbonyl (C=O) groups excluding carboxylic acids is 1. The third kappa shape index (κ3) is 5.29. The van der Waals surface area contributed by atoms with Crippen LogP contribution in [0.25, 0.3) is 10.9 Å². The predicted octanol–water partition coefficient (Wildman–Crippen LogP) is 3.88. The second-order valence-corrected chi connectivity index (χ2v) is 8.40. The lowest BCUT2D eigenvalue weighted by molar-refractivity contribution is -0.135. The van der Waals surface area contributed by atoms with E-state index in [1.54, 1.807) is 24.9 Å². The molecular formula is C24H27F3N6O2. The van der Waals surface area contributed by atoms with Crippen LogP contribution in [0.1, 0.15) is 36.3 Å². The molecular weight excluding hydrogens is 461 g/mol. The molecule has 0 radical (unpaired) electrons. The summed E-state index contributed by atoms with van der Waals surface area (Å²) in [6, 6.07) is 5.20. The second kappa shape index (κ2) is 10.4. The normalized spacial score (nSPS) is 15.1. The maximum absolute atomic E-state index is 14.7. The smallest absolute Gasteiger partial charge is 0.266 e. The van der Waals surface area contributed by atoms with E-state index in [0.717, 1.165) is 6.07 Å². The molecule has 0 spiro atoms. The molecule has 1 atom stereocenters. The summed E-state index contributed by atoms with van der Waals surface area (Å²) in [7, 11) is 1.49. The molecule has 11 heteroatoms. The number of benzene rings is 1. The van der Waals surface area contributed by atoms with Gasteiger partial charge in [-0.15, -0.1) is 0 Å². The predicted molar refractivity (Wildman–Crippen MR) is 126 cm³/mol. The third-order valence-electron chi connectivity index (χ3n) is 6.02. The highest BCUT2D eigenvalue weighted by Gasteiger charge is 2.23. The van der Waals surface area contributed by atoms with Gasteiger partial charge in [0.15, 0.2) is 0 Å². The Kier molecular flexibility index (Phi) is 7.34. The van der Waals surface area contributed by atoms with E-state index in [-0.39, 0.29) is 18.1 Å². The number of aryl methyl sites for hydroxylation is 1. The Hall–Kier alpha value is -3.47. The molecule has 3 heterocycles. The van der Waals surface area contributed by atoms with Gasteiger partial charge in [0.25, 0.3) is 6.43 Å². The average molecular weight is 489 g/mol. The molecule has 1 aliphatic rings. The number of alkyl halides is 2. The van der Waals surface area contributed by atoms with E-state index in [1.807, 2.05) is 6.07 Å². The van der Waals surface area contributed by atoms with Crippen molar-refractivity contribution in [1.82, 2.24) is 19.9 Å². The lowest BCUT2D eigenvalue weighted by atomic mass is 10.0. The van der Waals surface area contributed by atoms with Crippen LogP contribution < -0.4 is 10.2 Å². The van der Waals surface area contributed by atoms with Crippen LogP contribution in [0.5, 0.6) is 0 Å². The van der Waals surface area contributed by atoms with Crippen molar-refractivity contribution in [3.63, 3.8) is 0 Å². The van der Waals surface area contributed by atoms with Gasteiger partial charge < -0.3 is 19.9 Å². The van der Waals surface area contributed by atoms with E-state index in [9.17, 15) is 18.0 Å². The number of pyridine rings is 1. The molecule has 1 saturated heterocycles. The first kappa shape index (κ1) is 24.6. The summed E-state index contributed by atoms with van der Waals surface area (Å²) in [4.78, 5) is 29.4. The van der Waals surface area contributed by atoms with Crippen molar-refractivity contribution in [1.29, 1.82) is 0 Å². The number of nitrogens with one attached hydrogen (secondary N) is 1. The minimum absolute atomic E-state index is 0.0499. The Morgan fingerprint density at radius 1 is 1.17 bits per heavy atom. The van der Waals surface area contributed by atoms with E-state index in [1.165, 1.54) is 19.2 Å². The van der Waals surface area contributed by atoms with Gasteiger partial charge in [0.05, 0.1) is 23.3 Å². The quantitative estimate of drug-likeness (QED) is 0.541. The number of piperazine rings is 1. The minimum Gasteiger partial charge on any atom is -0.375 e. The molecule has 2 aromatic heterocycles. The van der Waals surface area contributed by atoms with Gasteiger partial charge in [-0.3, -0.25) is 4.79 Å². The largest absolute Gasteiger partial charge is 0.375 e. The zero-order valence-electron chi connectivity index (χ0n) is 19.8. The molecule has 0 bridgehead atoms. The van der Waals surface area contributed by atoms with Gasteiger partial charge in [-0.05, 0) is 19.9 Å². The van der Waals surface area contributed by atoms with Gasteiger partial charge in [0.1, 0.15) is 29.9 Å². The minimum atomic E-state index is -2.90.